The molecule has 5 rings (SSSR count). The zero-order valence-electron chi connectivity index (χ0n) is 30.3. The predicted molar refractivity (Wildman–Crippen MR) is 198 cm³/mol. The third-order valence-electron chi connectivity index (χ3n) is 9.26. The highest BCUT2D eigenvalue weighted by molar-refractivity contribution is 6.31. The molecule has 13 nitrogen and oxygen atoms in total. The Morgan fingerprint density at radius 3 is 2.27 bits per heavy atom. The van der Waals surface area contributed by atoms with E-state index in [1.807, 2.05) is 43.0 Å². The standard InChI is InChI=1S/C38H51ClN6O7/c1-4-16-48-18-20-50-22-24-52-25-23-51-21-19-49-17-6-5-13-44-33-8-7-30(39)26-32(33)42-35(44)28-45-34-27-40-12-9-31(34)38(36(45)46)10-14-43(15-11-38)37(47)41-29(2)3/h1,7-9,12,26-27,29H,5-6,10-11,13-25,28H2,2-3H3,(H,41,47). The minimum atomic E-state index is -0.699. The largest absolute Gasteiger partial charge is 0.379 e. The van der Waals surface area contributed by atoms with Gasteiger partial charge in [0.15, 0.2) is 0 Å². The average molecular weight is 739 g/mol. The van der Waals surface area contributed by atoms with Crippen molar-refractivity contribution in [3.63, 3.8) is 0 Å². The summed E-state index contributed by atoms with van der Waals surface area (Å²) in [7, 11) is 0. The molecule has 2 aliphatic heterocycles. The molecule has 0 unspecified atom stereocenters. The van der Waals surface area contributed by atoms with Crippen molar-refractivity contribution in [1.29, 1.82) is 0 Å². The Labute approximate surface area is 311 Å². The number of nitrogens with one attached hydrogen (secondary N) is 1. The molecular formula is C38H51ClN6O7. The molecule has 52 heavy (non-hydrogen) atoms. The lowest BCUT2D eigenvalue weighted by molar-refractivity contribution is -0.124. The van der Waals surface area contributed by atoms with Crippen LogP contribution in [0.5, 0.6) is 0 Å². The molecule has 282 valence electrons. The van der Waals surface area contributed by atoms with E-state index in [0.717, 1.165) is 41.0 Å². The lowest BCUT2D eigenvalue weighted by Crippen LogP contribution is -2.53. The van der Waals surface area contributed by atoms with Crippen LogP contribution in [0.15, 0.2) is 36.7 Å². The van der Waals surface area contributed by atoms with E-state index in [4.69, 9.17) is 46.7 Å². The maximum atomic E-state index is 14.4. The molecule has 2 aliphatic rings. The number of hydrogen-bond donors (Lipinski definition) is 1. The van der Waals surface area contributed by atoms with Gasteiger partial charge in [0.1, 0.15) is 12.4 Å². The summed E-state index contributed by atoms with van der Waals surface area (Å²) in [4.78, 5) is 40.1. The highest BCUT2D eigenvalue weighted by Gasteiger charge is 2.52. The van der Waals surface area contributed by atoms with Crippen molar-refractivity contribution >= 4 is 40.3 Å². The maximum absolute atomic E-state index is 14.4. The van der Waals surface area contributed by atoms with E-state index in [2.05, 4.69) is 20.8 Å². The van der Waals surface area contributed by atoms with Gasteiger partial charge in [-0.25, -0.2) is 9.78 Å². The van der Waals surface area contributed by atoms with Crippen LogP contribution in [0.3, 0.4) is 0 Å². The van der Waals surface area contributed by atoms with Crippen LogP contribution in [0, 0.1) is 12.3 Å². The minimum absolute atomic E-state index is 0.0330. The number of piperidine rings is 1. The molecule has 0 saturated carbocycles. The van der Waals surface area contributed by atoms with Crippen LogP contribution in [0.1, 0.15) is 50.9 Å². The van der Waals surface area contributed by atoms with Crippen LogP contribution in [0.4, 0.5) is 10.5 Å². The first-order chi connectivity index (χ1) is 25.3. The molecule has 14 heteroatoms. The number of imidazole rings is 1. The molecule has 3 amide bonds. The van der Waals surface area contributed by atoms with Crippen LogP contribution in [-0.4, -0.2) is 117 Å². The number of benzene rings is 1. The van der Waals surface area contributed by atoms with Crippen molar-refractivity contribution in [2.24, 2.45) is 0 Å². The number of pyridine rings is 1. The molecular weight excluding hydrogens is 688 g/mol. The van der Waals surface area contributed by atoms with E-state index < -0.39 is 5.41 Å². The lowest BCUT2D eigenvalue weighted by Gasteiger charge is -2.38. The van der Waals surface area contributed by atoms with Crippen molar-refractivity contribution in [3.05, 3.63) is 53.1 Å². The summed E-state index contributed by atoms with van der Waals surface area (Å²) >= 11 is 6.36. The SMILES string of the molecule is C#CCOCCOCCOCCOCCOCCCCn1c(CN2C(=O)C3(CCN(C(=O)NC(C)C)CC3)c3ccncc32)nc2cc(Cl)ccc21. The normalized spacial score (nSPS) is 15.2. The molecule has 1 N–H and O–H groups in total. The number of terminal acetylenes is 1. The van der Waals surface area contributed by atoms with Crippen LogP contribution < -0.4 is 10.2 Å². The molecule has 4 heterocycles. The lowest BCUT2D eigenvalue weighted by atomic mass is 9.74. The van der Waals surface area contributed by atoms with E-state index >= 15 is 0 Å². The fourth-order valence-electron chi connectivity index (χ4n) is 6.71. The number of aromatic nitrogens is 3. The smallest absolute Gasteiger partial charge is 0.317 e. The van der Waals surface area contributed by atoms with Crippen molar-refractivity contribution in [2.75, 3.05) is 84.1 Å². The number of halogens is 1. The van der Waals surface area contributed by atoms with Crippen LogP contribution in [0.25, 0.3) is 11.0 Å². The third-order valence-corrected chi connectivity index (χ3v) is 9.50. The number of aryl methyl sites for hydroxylation is 1. The van der Waals surface area contributed by atoms with Gasteiger partial charge < -0.3 is 43.4 Å². The van der Waals surface area contributed by atoms with Gasteiger partial charge in [-0.05, 0) is 69.4 Å². The second-order valence-corrected chi connectivity index (χ2v) is 13.6. The van der Waals surface area contributed by atoms with Crippen LogP contribution in [0.2, 0.25) is 5.02 Å². The van der Waals surface area contributed by atoms with Crippen LogP contribution >= 0.6 is 11.6 Å². The number of likely N-dealkylation sites (tertiary alicyclic amines) is 1. The molecule has 1 aromatic carbocycles. The van der Waals surface area contributed by atoms with Gasteiger partial charge in [0, 0.05) is 43.5 Å². The Kier molecular flexibility index (Phi) is 15.1. The van der Waals surface area contributed by atoms with Crippen molar-refractivity contribution in [1.82, 2.24) is 24.8 Å². The highest BCUT2D eigenvalue weighted by atomic mass is 35.5. The van der Waals surface area contributed by atoms with E-state index in [9.17, 15) is 9.59 Å². The van der Waals surface area contributed by atoms with Gasteiger partial charge in [-0.3, -0.25) is 9.78 Å². The van der Waals surface area contributed by atoms with E-state index in [-0.39, 0.29) is 18.0 Å². The number of hydrogen-bond acceptors (Lipinski definition) is 9. The number of nitrogens with zero attached hydrogens (tertiary/aromatic N) is 5. The molecule has 1 saturated heterocycles. The van der Waals surface area contributed by atoms with Gasteiger partial charge in [0.05, 0.1) is 87.7 Å². The number of anilines is 1. The highest BCUT2D eigenvalue weighted by Crippen LogP contribution is 2.48. The number of carbonyl (C=O) groups is 2. The van der Waals surface area contributed by atoms with Crippen molar-refractivity contribution in [2.45, 2.75) is 64.1 Å². The Morgan fingerprint density at radius 2 is 1.62 bits per heavy atom. The number of rotatable bonds is 21. The summed E-state index contributed by atoms with van der Waals surface area (Å²) in [6.45, 7) is 10.7. The fraction of sp³-hybridized carbons (Fsp3) is 0.579. The molecule has 0 bridgehead atoms. The molecule has 1 spiro atoms. The Bertz CT molecular complexity index is 1650. The molecule has 0 aliphatic carbocycles. The summed E-state index contributed by atoms with van der Waals surface area (Å²) in [5.41, 5.74) is 2.83. The van der Waals surface area contributed by atoms with Gasteiger partial charge in [-0.2, -0.15) is 0 Å². The maximum Gasteiger partial charge on any atom is 0.317 e. The zero-order valence-corrected chi connectivity index (χ0v) is 31.1. The van der Waals surface area contributed by atoms with Gasteiger partial charge in [0.25, 0.3) is 0 Å². The van der Waals surface area contributed by atoms with Crippen molar-refractivity contribution in [3.8, 4) is 12.3 Å². The minimum Gasteiger partial charge on any atom is -0.379 e. The predicted octanol–water partition coefficient (Wildman–Crippen LogP) is 4.58. The van der Waals surface area contributed by atoms with Gasteiger partial charge in [0.2, 0.25) is 5.91 Å². The Morgan fingerprint density at radius 1 is 0.962 bits per heavy atom. The average Bonchev–Trinajstić information content (AvgIpc) is 3.58. The number of urea groups is 1. The van der Waals surface area contributed by atoms with E-state index in [1.54, 1.807) is 17.3 Å². The molecule has 1 fully saturated rings. The second kappa shape index (κ2) is 19.9. The van der Waals surface area contributed by atoms with Gasteiger partial charge >= 0.3 is 6.03 Å². The van der Waals surface area contributed by atoms with E-state index in [1.165, 1.54) is 0 Å². The summed E-state index contributed by atoms with van der Waals surface area (Å²) in [6.07, 6.45) is 11.5. The van der Waals surface area contributed by atoms with Gasteiger partial charge in [-0.15, -0.1) is 6.42 Å². The van der Waals surface area contributed by atoms with Crippen LogP contribution in [-0.2, 0) is 47.0 Å². The number of amides is 3. The van der Waals surface area contributed by atoms with Gasteiger partial charge in [-0.1, -0.05) is 17.5 Å². The first kappa shape index (κ1) is 39.4. The molecule has 2 aromatic heterocycles. The first-order valence-electron chi connectivity index (χ1n) is 18.1. The summed E-state index contributed by atoms with van der Waals surface area (Å²) in [6, 6.07) is 7.62. The third kappa shape index (κ3) is 10.2. The molecule has 0 atom stereocenters. The van der Waals surface area contributed by atoms with Crippen molar-refractivity contribution < 1.29 is 33.3 Å². The quantitative estimate of drug-likeness (QED) is 0.123. The molecule has 0 radical (unpaired) electrons. The number of ether oxygens (including phenoxy) is 5. The topological polar surface area (TPSA) is 130 Å². The first-order valence-corrected chi connectivity index (χ1v) is 18.5. The zero-order chi connectivity index (χ0) is 36.8. The second-order valence-electron chi connectivity index (χ2n) is 13.2. The summed E-state index contributed by atoms with van der Waals surface area (Å²) < 4.78 is 29.6. The number of carbonyl (C=O) groups excluding carboxylic acids is 2. The fourth-order valence-corrected chi connectivity index (χ4v) is 6.87. The summed E-state index contributed by atoms with van der Waals surface area (Å²) in [5.74, 6) is 3.22. The Hall–Kier alpha value is -3.77. The molecule has 3 aromatic rings. The number of unbranched alkanes of at least 4 members (excludes halogenated alkanes) is 1. The Balaban J connectivity index is 1.09. The monoisotopic (exact) mass is 738 g/mol. The number of fused-ring (bicyclic) bond motifs is 3. The van der Waals surface area contributed by atoms with E-state index in [0.29, 0.717) is 110 Å². The summed E-state index contributed by atoms with van der Waals surface area (Å²) in [5, 5.41) is 3.58.